The molecule has 0 saturated heterocycles. The maximum atomic E-state index is 2.40. The maximum absolute atomic E-state index is 2.40. The maximum Gasteiger partial charge on any atom is -0.00264 e. The second kappa shape index (κ2) is 12.3. The third-order valence-electron chi connectivity index (χ3n) is 11.4. The van der Waals surface area contributed by atoms with Crippen molar-refractivity contribution in [2.24, 2.45) is 0 Å². The van der Waals surface area contributed by atoms with Gasteiger partial charge in [-0.05, 0) is 139 Å². The number of hydrogen-bond donors (Lipinski definition) is 0. The summed E-state index contributed by atoms with van der Waals surface area (Å²) in [5, 5.41) is 15.1. The van der Waals surface area contributed by atoms with Crippen LogP contribution in [0.25, 0.3) is 109 Å². The van der Waals surface area contributed by atoms with E-state index in [-0.39, 0.29) is 0 Å². The van der Waals surface area contributed by atoms with Gasteiger partial charge in [0.15, 0.2) is 0 Å². The predicted octanol–water partition coefficient (Wildman–Crippen LogP) is 15.3. The van der Waals surface area contributed by atoms with E-state index < -0.39 is 0 Å². The Morgan fingerprint density at radius 3 is 1.33 bits per heavy atom. The molecule has 0 nitrogen and oxygen atoms in total. The SMILES string of the molecule is c1ccc2cc(-c3ccc4ccc(-c5c6ccccc6cc6c(-c7ccc(-c8ccc9ccccc9c8)c8ccccc78)cccc56)cc4c3)ccc2c1. The second-order valence-electron chi connectivity index (χ2n) is 14.5. The lowest BCUT2D eigenvalue weighted by molar-refractivity contribution is 1.65. The molecule has 0 radical (unpaired) electrons. The Hall–Kier alpha value is -7.02. The van der Waals surface area contributed by atoms with Gasteiger partial charge in [-0.1, -0.05) is 176 Å². The first kappa shape index (κ1) is 30.6. The number of hydrogen-bond acceptors (Lipinski definition) is 0. The van der Waals surface area contributed by atoms with Crippen LogP contribution in [-0.2, 0) is 0 Å². The minimum atomic E-state index is 1.23. The lowest BCUT2D eigenvalue weighted by Crippen LogP contribution is -1.90. The van der Waals surface area contributed by atoms with E-state index in [0.29, 0.717) is 0 Å². The van der Waals surface area contributed by atoms with Gasteiger partial charge in [-0.2, -0.15) is 0 Å². The van der Waals surface area contributed by atoms with Gasteiger partial charge in [-0.25, -0.2) is 0 Å². The molecule has 0 bridgehead atoms. The van der Waals surface area contributed by atoms with Crippen molar-refractivity contribution in [2.45, 2.75) is 0 Å². The molecule has 0 aromatic heterocycles. The molecule has 250 valence electrons. The van der Waals surface area contributed by atoms with E-state index in [0.717, 1.165) is 0 Å². The summed E-state index contributed by atoms with van der Waals surface area (Å²) in [5.41, 5.74) is 9.97. The van der Waals surface area contributed by atoms with Crippen LogP contribution < -0.4 is 0 Å². The average Bonchev–Trinajstić information content (AvgIpc) is 3.24. The summed E-state index contributed by atoms with van der Waals surface area (Å²) in [7, 11) is 0. The van der Waals surface area contributed by atoms with Crippen molar-refractivity contribution in [3.8, 4) is 44.5 Å². The Balaban J connectivity index is 1.10. The zero-order valence-corrected chi connectivity index (χ0v) is 29.6. The van der Waals surface area contributed by atoms with E-state index in [1.165, 1.54) is 109 Å². The second-order valence-corrected chi connectivity index (χ2v) is 14.5. The van der Waals surface area contributed by atoms with Gasteiger partial charge in [-0.15, -0.1) is 0 Å². The van der Waals surface area contributed by atoms with Gasteiger partial charge in [0.2, 0.25) is 0 Å². The lowest BCUT2D eigenvalue weighted by atomic mass is 9.86. The monoisotopic (exact) mass is 682 g/mol. The first-order chi connectivity index (χ1) is 26.7. The van der Waals surface area contributed by atoms with Crippen LogP contribution in [0.15, 0.2) is 206 Å². The number of benzene rings is 11. The van der Waals surface area contributed by atoms with E-state index in [2.05, 4.69) is 206 Å². The quantitative estimate of drug-likeness (QED) is 0.162. The first-order valence-electron chi connectivity index (χ1n) is 18.7. The molecule has 11 rings (SSSR count). The highest BCUT2D eigenvalue weighted by atomic mass is 14.2. The molecule has 0 aliphatic rings. The normalized spacial score (nSPS) is 11.7. The average molecular weight is 683 g/mol. The fraction of sp³-hybridized carbons (Fsp3) is 0. The van der Waals surface area contributed by atoms with E-state index >= 15 is 0 Å². The van der Waals surface area contributed by atoms with Gasteiger partial charge < -0.3 is 0 Å². The molecule has 0 fully saturated rings. The molecule has 54 heavy (non-hydrogen) atoms. The minimum Gasteiger partial charge on any atom is -0.0616 e. The largest absolute Gasteiger partial charge is 0.0616 e. The molecular formula is C54H34. The van der Waals surface area contributed by atoms with Gasteiger partial charge in [-0.3, -0.25) is 0 Å². The third kappa shape index (κ3) is 4.99. The van der Waals surface area contributed by atoms with Crippen molar-refractivity contribution < 1.29 is 0 Å². The zero-order valence-electron chi connectivity index (χ0n) is 29.6. The smallest absolute Gasteiger partial charge is 0.00264 e. The highest BCUT2D eigenvalue weighted by Gasteiger charge is 2.17. The molecule has 0 unspecified atom stereocenters. The van der Waals surface area contributed by atoms with Crippen LogP contribution in [-0.4, -0.2) is 0 Å². The fourth-order valence-electron chi connectivity index (χ4n) is 8.73. The standard InChI is InChI=1S/C54H34/c1-3-12-38-30-40(24-20-35(38)10-1)41-25-21-37-23-27-44(33-45(37)32-41)54-47-15-6-5-14-42(47)34-53-50(18-9-19-52(53)54)51-29-28-46(48-16-7-8-17-49(48)51)43-26-22-36-11-2-4-13-39(36)31-43/h1-34H. The first-order valence-corrected chi connectivity index (χ1v) is 18.7. The van der Waals surface area contributed by atoms with E-state index in [9.17, 15) is 0 Å². The zero-order chi connectivity index (χ0) is 35.6. The Morgan fingerprint density at radius 1 is 0.185 bits per heavy atom. The lowest BCUT2D eigenvalue weighted by Gasteiger charge is -2.18. The predicted molar refractivity (Wildman–Crippen MR) is 233 cm³/mol. The molecule has 0 amide bonds. The topological polar surface area (TPSA) is 0 Å². The van der Waals surface area contributed by atoms with Crippen LogP contribution in [0.1, 0.15) is 0 Å². The van der Waals surface area contributed by atoms with E-state index in [1.54, 1.807) is 0 Å². The summed E-state index contributed by atoms with van der Waals surface area (Å²) in [4.78, 5) is 0. The summed E-state index contributed by atoms with van der Waals surface area (Å²) in [6.45, 7) is 0. The molecule has 0 saturated carbocycles. The van der Waals surface area contributed by atoms with Crippen LogP contribution in [0.3, 0.4) is 0 Å². The van der Waals surface area contributed by atoms with Gasteiger partial charge >= 0.3 is 0 Å². The van der Waals surface area contributed by atoms with E-state index in [4.69, 9.17) is 0 Å². The molecule has 0 spiro atoms. The Kier molecular flexibility index (Phi) is 6.97. The van der Waals surface area contributed by atoms with Crippen molar-refractivity contribution in [3.63, 3.8) is 0 Å². The Morgan fingerprint density at radius 2 is 0.630 bits per heavy atom. The summed E-state index contributed by atoms with van der Waals surface area (Å²) >= 11 is 0. The molecular weight excluding hydrogens is 649 g/mol. The van der Waals surface area contributed by atoms with Gasteiger partial charge in [0.25, 0.3) is 0 Å². The van der Waals surface area contributed by atoms with Crippen LogP contribution in [0.2, 0.25) is 0 Å². The van der Waals surface area contributed by atoms with Crippen LogP contribution in [0, 0.1) is 0 Å². The minimum absolute atomic E-state index is 1.23. The fourth-order valence-corrected chi connectivity index (χ4v) is 8.73. The highest BCUT2D eigenvalue weighted by molar-refractivity contribution is 6.19. The molecule has 0 aliphatic heterocycles. The number of rotatable bonds is 4. The molecule has 0 N–H and O–H groups in total. The molecule has 11 aromatic rings. The van der Waals surface area contributed by atoms with Gasteiger partial charge in [0.05, 0.1) is 0 Å². The van der Waals surface area contributed by atoms with Gasteiger partial charge in [0, 0.05) is 0 Å². The van der Waals surface area contributed by atoms with Crippen LogP contribution >= 0.6 is 0 Å². The Labute approximate surface area is 314 Å². The van der Waals surface area contributed by atoms with Crippen LogP contribution in [0.4, 0.5) is 0 Å². The summed E-state index contributed by atoms with van der Waals surface area (Å²) in [6.07, 6.45) is 0. The van der Waals surface area contributed by atoms with Crippen molar-refractivity contribution in [2.75, 3.05) is 0 Å². The molecule has 0 heteroatoms. The summed E-state index contributed by atoms with van der Waals surface area (Å²) in [5.74, 6) is 0. The van der Waals surface area contributed by atoms with Crippen molar-refractivity contribution in [1.29, 1.82) is 0 Å². The van der Waals surface area contributed by atoms with Crippen molar-refractivity contribution in [1.82, 2.24) is 0 Å². The summed E-state index contributed by atoms with van der Waals surface area (Å²) in [6, 6.07) is 76.3. The van der Waals surface area contributed by atoms with E-state index in [1.807, 2.05) is 0 Å². The highest BCUT2D eigenvalue weighted by Crippen LogP contribution is 2.44. The van der Waals surface area contributed by atoms with Crippen molar-refractivity contribution in [3.05, 3.63) is 206 Å². The molecule has 0 atom stereocenters. The summed E-state index contributed by atoms with van der Waals surface area (Å²) < 4.78 is 0. The van der Waals surface area contributed by atoms with Crippen molar-refractivity contribution >= 4 is 64.6 Å². The number of fused-ring (bicyclic) bond motifs is 6. The van der Waals surface area contributed by atoms with Gasteiger partial charge in [0.1, 0.15) is 0 Å². The molecule has 11 aromatic carbocycles. The van der Waals surface area contributed by atoms with Crippen LogP contribution in [0.5, 0.6) is 0 Å². The molecule has 0 heterocycles. The molecule has 0 aliphatic carbocycles. The Bertz CT molecular complexity index is 3270. The third-order valence-corrected chi connectivity index (χ3v) is 11.4.